The summed E-state index contributed by atoms with van der Waals surface area (Å²) in [5.41, 5.74) is 0.966. The highest BCUT2D eigenvalue weighted by molar-refractivity contribution is 5.67. The van der Waals surface area contributed by atoms with E-state index in [0.29, 0.717) is 18.7 Å². The first-order valence-corrected chi connectivity index (χ1v) is 6.59. The molecule has 0 aliphatic heterocycles. The molecule has 0 amide bonds. The van der Waals surface area contributed by atoms with E-state index < -0.39 is 5.97 Å². The van der Waals surface area contributed by atoms with Gasteiger partial charge in [-0.1, -0.05) is 13.0 Å². The van der Waals surface area contributed by atoms with Gasteiger partial charge in [0.25, 0.3) is 0 Å². The highest BCUT2D eigenvalue weighted by atomic mass is 16.4. The quantitative estimate of drug-likeness (QED) is 0.818. The van der Waals surface area contributed by atoms with E-state index in [1.54, 1.807) is 10.9 Å². The molecule has 0 aromatic carbocycles. The van der Waals surface area contributed by atoms with E-state index in [1.165, 1.54) is 0 Å². The first kappa shape index (κ1) is 14.1. The number of carboxylic acids is 1. The van der Waals surface area contributed by atoms with Gasteiger partial charge < -0.3 is 5.11 Å². The van der Waals surface area contributed by atoms with E-state index in [1.807, 2.05) is 25.1 Å². The number of pyridine rings is 1. The lowest BCUT2D eigenvalue weighted by Crippen LogP contribution is -2.17. The predicted molar refractivity (Wildman–Crippen MR) is 71.0 cm³/mol. The predicted octanol–water partition coefficient (Wildman–Crippen LogP) is 1.28. The number of carbonyl (C=O) groups is 1. The van der Waals surface area contributed by atoms with E-state index in [0.717, 1.165) is 12.1 Å². The standard InChI is InChI=1S/C13H17N5O2/c1-2-11(9-13(19)20)18-12(15-16-17-18)7-6-10-5-3-4-8-14-10/h3-5,8,11H,2,6-7,9H2,1H3,(H,19,20). The molecule has 106 valence electrons. The van der Waals surface area contributed by atoms with Crippen molar-refractivity contribution in [3.63, 3.8) is 0 Å². The van der Waals surface area contributed by atoms with Crippen molar-refractivity contribution in [2.45, 2.75) is 38.6 Å². The normalized spacial score (nSPS) is 12.2. The maximum Gasteiger partial charge on any atom is 0.305 e. The van der Waals surface area contributed by atoms with Crippen LogP contribution in [0.5, 0.6) is 0 Å². The number of carboxylic acid groups (broad SMARTS) is 1. The van der Waals surface area contributed by atoms with Gasteiger partial charge in [-0.2, -0.15) is 0 Å². The summed E-state index contributed by atoms with van der Waals surface area (Å²) in [6.45, 7) is 1.93. The molecule has 1 atom stereocenters. The van der Waals surface area contributed by atoms with Crippen LogP contribution in [-0.2, 0) is 17.6 Å². The SMILES string of the molecule is CCC(CC(=O)O)n1nnnc1CCc1ccccn1. The van der Waals surface area contributed by atoms with Gasteiger partial charge in [0.05, 0.1) is 12.5 Å². The van der Waals surface area contributed by atoms with Crippen LogP contribution in [0.1, 0.15) is 37.3 Å². The van der Waals surface area contributed by atoms with Gasteiger partial charge >= 0.3 is 5.97 Å². The number of hydrogen-bond donors (Lipinski definition) is 1. The van der Waals surface area contributed by atoms with Crippen LogP contribution in [0.4, 0.5) is 0 Å². The van der Waals surface area contributed by atoms with Crippen LogP contribution < -0.4 is 0 Å². The monoisotopic (exact) mass is 275 g/mol. The van der Waals surface area contributed by atoms with E-state index in [2.05, 4.69) is 20.5 Å². The summed E-state index contributed by atoms with van der Waals surface area (Å²) in [5.74, 6) is -0.147. The maximum atomic E-state index is 10.9. The molecule has 0 aliphatic rings. The van der Waals surface area contributed by atoms with Crippen LogP contribution in [0, 0.1) is 0 Å². The summed E-state index contributed by atoms with van der Waals surface area (Å²) in [7, 11) is 0. The number of aromatic nitrogens is 5. The largest absolute Gasteiger partial charge is 0.481 e. The lowest BCUT2D eigenvalue weighted by molar-refractivity contribution is -0.138. The zero-order valence-electron chi connectivity index (χ0n) is 11.3. The highest BCUT2D eigenvalue weighted by Gasteiger charge is 2.18. The lowest BCUT2D eigenvalue weighted by Gasteiger charge is -2.14. The molecule has 1 N–H and O–H groups in total. The van der Waals surface area contributed by atoms with Crippen molar-refractivity contribution in [2.24, 2.45) is 0 Å². The molecule has 7 heteroatoms. The molecule has 0 saturated heterocycles. The third-order valence-electron chi connectivity index (χ3n) is 3.12. The van der Waals surface area contributed by atoms with Crippen molar-refractivity contribution in [3.05, 3.63) is 35.9 Å². The van der Waals surface area contributed by atoms with Gasteiger partial charge in [-0.15, -0.1) is 5.10 Å². The van der Waals surface area contributed by atoms with Gasteiger partial charge in [-0.3, -0.25) is 9.78 Å². The molecule has 20 heavy (non-hydrogen) atoms. The van der Waals surface area contributed by atoms with Crippen molar-refractivity contribution < 1.29 is 9.90 Å². The van der Waals surface area contributed by atoms with E-state index in [4.69, 9.17) is 5.11 Å². The summed E-state index contributed by atoms with van der Waals surface area (Å²) in [6.07, 6.45) is 3.81. The Balaban J connectivity index is 2.06. The Labute approximate surface area is 116 Å². The number of aliphatic carboxylic acids is 1. The fraction of sp³-hybridized carbons (Fsp3) is 0.462. The topological polar surface area (TPSA) is 93.8 Å². The molecule has 0 spiro atoms. The molecule has 2 aromatic heterocycles. The fourth-order valence-corrected chi connectivity index (χ4v) is 2.05. The molecule has 0 saturated carbocycles. The summed E-state index contributed by atoms with van der Waals surface area (Å²) >= 11 is 0. The molecule has 2 heterocycles. The molecule has 2 aromatic rings. The minimum absolute atomic E-state index is 0.0259. The highest BCUT2D eigenvalue weighted by Crippen LogP contribution is 2.16. The Kier molecular flexibility index (Phi) is 4.75. The first-order valence-electron chi connectivity index (χ1n) is 6.59. The maximum absolute atomic E-state index is 10.9. The van der Waals surface area contributed by atoms with Crippen molar-refractivity contribution in [1.29, 1.82) is 0 Å². The zero-order chi connectivity index (χ0) is 14.4. The van der Waals surface area contributed by atoms with Gasteiger partial charge in [0.2, 0.25) is 0 Å². The second-order valence-electron chi connectivity index (χ2n) is 4.52. The summed E-state index contributed by atoms with van der Waals surface area (Å²) in [5, 5.41) is 20.5. The molecule has 7 nitrogen and oxygen atoms in total. The van der Waals surface area contributed by atoms with Crippen LogP contribution in [0.25, 0.3) is 0 Å². The zero-order valence-corrected chi connectivity index (χ0v) is 11.3. The Bertz CT molecular complexity index is 555. The number of hydrogen-bond acceptors (Lipinski definition) is 5. The van der Waals surface area contributed by atoms with Gasteiger partial charge in [0, 0.05) is 18.3 Å². The average Bonchev–Trinajstić information content (AvgIpc) is 2.91. The van der Waals surface area contributed by atoms with Crippen LogP contribution >= 0.6 is 0 Å². The van der Waals surface area contributed by atoms with Crippen LogP contribution in [0.2, 0.25) is 0 Å². The molecule has 2 rings (SSSR count). The molecule has 0 aliphatic carbocycles. The van der Waals surface area contributed by atoms with Gasteiger partial charge in [0.15, 0.2) is 5.82 Å². The smallest absolute Gasteiger partial charge is 0.305 e. The third-order valence-corrected chi connectivity index (χ3v) is 3.12. The van der Waals surface area contributed by atoms with Crippen molar-refractivity contribution in [1.82, 2.24) is 25.2 Å². The second-order valence-corrected chi connectivity index (χ2v) is 4.52. The van der Waals surface area contributed by atoms with E-state index >= 15 is 0 Å². The Morgan fingerprint density at radius 1 is 1.40 bits per heavy atom. The molecule has 1 unspecified atom stereocenters. The third kappa shape index (κ3) is 3.59. The number of tetrazole rings is 1. The number of rotatable bonds is 7. The number of aryl methyl sites for hydroxylation is 2. The van der Waals surface area contributed by atoms with Crippen LogP contribution in [0.15, 0.2) is 24.4 Å². The minimum atomic E-state index is -0.844. The summed E-state index contributed by atoms with van der Waals surface area (Å²) in [6, 6.07) is 5.54. The van der Waals surface area contributed by atoms with Crippen molar-refractivity contribution in [3.8, 4) is 0 Å². The fourth-order valence-electron chi connectivity index (χ4n) is 2.05. The number of nitrogens with zero attached hydrogens (tertiary/aromatic N) is 5. The molecular weight excluding hydrogens is 258 g/mol. The molecule has 0 fully saturated rings. The lowest BCUT2D eigenvalue weighted by atomic mass is 10.1. The van der Waals surface area contributed by atoms with Crippen molar-refractivity contribution in [2.75, 3.05) is 0 Å². The van der Waals surface area contributed by atoms with E-state index in [-0.39, 0.29) is 12.5 Å². The van der Waals surface area contributed by atoms with Gasteiger partial charge in [0.1, 0.15) is 0 Å². The van der Waals surface area contributed by atoms with E-state index in [9.17, 15) is 4.79 Å². The molecule has 0 bridgehead atoms. The summed E-state index contributed by atoms with van der Waals surface area (Å²) in [4.78, 5) is 15.1. The Morgan fingerprint density at radius 3 is 2.90 bits per heavy atom. The second kappa shape index (κ2) is 6.74. The van der Waals surface area contributed by atoms with Gasteiger partial charge in [-0.25, -0.2) is 4.68 Å². The Morgan fingerprint density at radius 2 is 2.25 bits per heavy atom. The molecule has 0 radical (unpaired) electrons. The minimum Gasteiger partial charge on any atom is -0.481 e. The summed E-state index contributed by atoms with van der Waals surface area (Å²) < 4.78 is 1.62. The Hall–Kier alpha value is -2.31. The average molecular weight is 275 g/mol. The van der Waals surface area contributed by atoms with Crippen LogP contribution in [0.3, 0.4) is 0 Å². The first-order chi connectivity index (χ1) is 9.70. The van der Waals surface area contributed by atoms with Gasteiger partial charge in [-0.05, 0) is 35.4 Å². The van der Waals surface area contributed by atoms with Crippen LogP contribution in [-0.4, -0.2) is 36.3 Å². The molecular formula is C13H17N5O2. The van der Waals surface area contributed by atoms with Crippen molar-refractivity contribution >= 4 is 5.97 Å².